The number of carbonyl (C=O) groups excluding carboxylic acids is 1. The second-order valence-corrected chi connectivity index (χ2v) is 1.51. The molecule has 0 spiro atoms. The molecule has 3 nitrogen and oxygen atoms in total. The van der Waals surface area contributed by atoms with Gasteiger partial charge in [0.05, 0.1) is 0 Å². The Morgan fingerprint density at radius 2 is 2.14 bits per heavy atom. The highest BCUT2D eigenvalue weighted by Gasteiger charge is 2.00. The van der Waals surface area contributed by atoms with Crippen LogP contribution in [0.15, 0.2) is 0 Å². The molecule has 0 aliphatic heterocycles. The summed E-state index contributed by atoms with van der Waals surface area (Å²) in [5, 5.41) is 8.49. The van der Waals surface area contributed by atoms with E-state index in [1.54, 1.807) is 14.1 Å². The third-order valence-corrected chi connectivity index (χ3v) is 0.651. The first-order chi connectivity index (χ1) is 3.18. The van der Waals surface area contributed by atoms with Crippen molar-refractivity contribution in [2.45, 2.75) is 6.23 Å². The Hall–Kier alpha value is -0.410. The van der Waals surface area contributed by atoms with Crippen LogP contribution in [0.25, 0.3) is 0 Å². The number of carbonyl (C=O) groups is 1. The van der Waals surface area contributed by atoms with Crippen molar-refractivity contribution < 1.29 is 9.90 Å². The fourth-order valence-corrected chi connectivity index (χ4v) is 0.122. The van der Waals surface area contributed by atoms with E-state index in [4.69, 9.17) is 5.11 Å². The van der Waals surface area contributed by atoms with Gasteiger partial charge in [-0.15, -0.1) is 0 Å². The maximum atomic E-state index is 9.65. The molecule has 1 atom stereocenters. The van der Waals surface area contributed by atoms with Crippen LogP contribution >= 0.6 is 0 Å². The summed E-state index contributed by atoms with van der Waals surface area (Å²) < 4.78 is 0. The maximum Gasteiger partial charge on any atom is 0.163 e. The van der Waals surface area contributed by atoms with Gasteiger partial charge in [0.25, 0.3) is 0 Å². The van der Waals surface area contributed by atoms with Crippen LogP contribution in [0.3, 0.4) is 0 Å². The Morgan fingerprint density at radius 3 is 2.14 bits per heavy atom. The van der Waals surface area contributed by atoms with Crippen molar-refractivity contribution in [3.8, 4) is 0 Å². The second kappa shape index (κ2) is 2.71. The average Bonchev–Trinajstić information content (AvgIpc) is 1.65. The standard InChI is InChI=1S/C4H9NO2/c1-5(2)4(7)3-6/h3-4,7H,1-2H3. The molecule has 0 aliphatic carbocycles. The summed E-state index contributed by atoms with van der Waals surface area (Å²) >= 11 is 0. The number of nitrogens with zero attached hydrogens (tertiary/aromatic N) is 1. The summed E-state index contributed by atoms with van der Waals surface area (Å²) in [4.78, 5) is 11.1. The van der Waals surface area contributed by atoms with Gasteiger partial charge in [0.1, 0.15) is 0 Å². The van der Waals surface area contributed by atoms with E-state index in [0.29, 0.717) is 6.29 Å². The monoisotopic (exact) mass is 103 g/mol. The van der Waals surface area contributed by atoms with Gasteiger partial charge < -0.3 is 5.11 Å². The molecular formula is C4H9NO2. The molecule has 3 heteroatoms. The van der Waals surface area contributed by atoms with Crippen molar-refractivity contribution in [2.24, 2.45) is 0 Å². The van der Waals surface area contributed by atoms with E-state index in [9.17, 15) is 4.79 Å². The average molecular weight is 103 g/mol. The zero-order valence-corrected chi connectivity index (χ0v) is 4.46. The number of hydrogen-bond acceptors (Lipinski definition) is 3. The lowest BCUT2D eigenvalue weighted by molar-refractivity contribution is -0.121. The molecule has 0 aromatic heterocycles. The molecule has 7 heavy (non-hydrogen) atoms. The summed E-state index contributed by atoms with van der Waals surface area (Å²) in [5.74, 6) is 0. The largest absolute Gasteiger partial charge is 0.371 e. The highest BCUT2D eigenvalue weighted by Crippen LogP contribution is 1.77. The van der Waals surface area contributed by atoms with Crippen LogP contribution in [-0.2, 0) is 4.79 Å². The van der Waals surface area contributed by atoms with Crippen molar-refractivity contribution in [3.05, 3.63) is 0 Å². The van der Waals surface area contributed by atoms with Crippen molar-refractivity contribution in [1.82, 2.24) is 4.90 Å². The fraction of sp³-hybridized carbons (Fsp3) is 0.750. The van der Waals surface area contributed by atoms with Crippen LogP contribution in [0.1, 0.15) is 0 Å². The lowest BCUT2D eigenvalue weighted by Gasteiger charge is -2.09. The minimum atomic E-state index is -0.944. The Labute approximate surface area is 42.5 Å². The van der Waals surface area contributed by atoms with Crippen LogP contribution in [0, 0.1) is 0 Å². The minimum absolute atomic E-state index is 0.472. The fourth-order valence-electron chi connectivity index (χ4n) is 0.122. The predicted octanol–water partition coefficient (Wildman–Crippen LogP) is -0.935. The molecule has 0 aromatic carbocycles. The van der Waals surface area contributed by atoms with Gasteiger partial charge in [0, 0.05) is 0 Å². The van der Waals surface area contributed by atoms with E-state index in [-0.39, 0.29) is 0 Å². The molecule has 1 N–H and O–H groups in total. The lowest BCUT2D eigenvalue weighted by atomic mass is 10.6. The molecule has 0 radical (unpaired) electrons. The molecule has 0 rings (SSSR count). The van der Waals surface area contributed by atoms with Gasteiger partial charge in [0.2, 0.25) is 0 Å². The number of hydrogen-bond donors (Lipinski definition) is 1. The number of aldehydes is 1. The molecule has 0 saturated heterocycles. The quantitative estimate of drug-likeness (QED) is 0.362. The van der Waals surface area contributed by atoms with E-state index in [2.05, 4.69) is 0 Å². The first kappa shape index (κ1) is 6.59. The molecule has 1 unspecified atom stereocenters. The van der Waals surface area contributed by atoms with Crippen molar-refractivity contribution in [3.63, 3.8) is 0 Å². The summed E-state index contributed by atoms with van der Waals surface area (Å²) in [6.45, 7) is 0. The van der Waals surface area contributed by atoms with Gasteiger partial charge in [-0.25, -0.2) is 0 Å². The number of aliphatic hydroxyl groups is 1. The first-order valence-corrected chi connectivity index (χ1v) is 1.98. The van der Waals surface area contributed by atoms with Gasteiger partial charge in [0.15, 0.2) is 12.5 Å². The van der Waals surface area contributed by atoms with Crippen LogP contribution < -0.4 is 0 Å². The van der Waals surface area contributed by atoms with Gasteiger partial charge in [-0.2, -0.15) is 0 Å². The molecule has 0 aliphatic rings. The number of likely N-dealkylation sites (N-methyl/N-ethyl adjacent to an activating group) is 1. The summed E-state index contributed by atoms with van der Waals surface area (Å²) in [7, 11) is 3.25. The Kier molecular flexibility index (Phi) is 2.55. The number of aliphatic hydroxyl groups excluding tert-OH is 1. The zero-order valence-electron chi connectivity index (χ0n) is 4.46. The molecule has 42 valence electrons. The molecule has 0 fully saturated rings. The minimum Gasteiger partial charge on any atom is -0.371 e. The highest BCUT2D eigenvalue weighted by molar-refractivity contribution is 5.54. The van der Waals surface area contributed by atoms with Gasteiger partial charge >= 0.3 is 0 Å². The zero-order chi connectivity index (χ0) is 5.86. The molecule has 0 heterocycles. The third kappa shape index (κ3) is 2.31. The topological polar surface area (TPSA) is 40.5 Å². The SMILES string of the molecule is CN(C)C(O)C=O. The van der Waals surface area contributed by atoms with E-state index >= 15 is 0 Å². The Morgan fingerprint density at radius 1 is 1.71 bits per heavy atom. The Balaban J connectivity index is 3.33. The summed E-state index contributed by atoms with van der Waals surface area (Å²) in [6, 6.07) is 0. The molecule has 0 amide bonds. The third-order valence-electron chi connectivity index (χ3n) is 0.651. The van der Waals surface area contributed by atoms with Crippen LogP contribution in [0.5, 0.6) is 0 Å². The molecule has 0 saturated carbocycles. The van der Waals surface area contributed by atoms with E-state index in [1.165, 1.54) is 4.90 Å². The van der Waals surface area contributed by atoms with E-state index < -0.39 is 6.23 Å². The number of rotatable bonds is 2. The van der Waals surface area contributed by atoms with E-state index in [1.807, 2.05) is 0 Å². The highest BCUT2D eigenvalue weighted by atomic mass is 16.3. The van der Waals surface area contributed by atoms with Crippen molar-refractivity contribution >= 4 is 6.29 Å². The van der Waals surface area contributed by atoms with Crippen molar-refractivity contribution in [1.29, 1.82) is 0 Å². The molecule has 0 aromatic rings. The van der Waals surface area contributed by atoms with Gasteiger partial charge in [-0.3, -0.25) is 9.69 Å². The van der Waals surface area contributed by atoms with Crippen LogP contribution in [0.4, 0.5) is 0 Å². The predicted molar refractivity (Wildman–Crippen MR) is 25.8 cm³/mol. The lowest BCUT2D eigenvalue weighted by Crippen LogP contribution is -2.28. The first-order valence-electron chi connectivity index (χ1n) is 1.98. The van der Waals surface area contributed by atoms with E-state index in [0.717, 1.165) is 0 Å². The normalized spacial score (nSPS) is 14.3. The molecular weight excluding hydrogens is 94.0 g/mol. The smallest absolute Gasteiger partial charge is 0.163 e. The maximum absolute atomic E-state index is 9.65. The molecule has 0 bridgehead atoms. The summed E-state index contributed by atoms with van der Waals surface area (Å²) in [5.41, 5.74) is 0. The second-order valence-electron chi connectivity index (χ2n) is 1.51. The van der Waals surface area contributed by atoms with Gasteiger partial charge in [-0.05, 0) is 14.1 Å². The van der Waals surface area contributed by atoms with Crippen LogP contribution in [0.2, 0.25) is 0 Å². The van der Waals surface area contributed by atoms with Crippen LogP contribution in [-0.4, -0.2) is 36.6 Å². The van der Waals surface area contributed by atoms with Crippen molar-refractivity contribution in [2.75, 3.05) is 14.1 Å². The Bertz CT molecular complexity index is 62.7. The summed E-state index contributed by atoms with van der Waals surface area (Å²) in [6.07, 6.45) is -0.472. The van der Waals surface area contributed by atoms with Gasteiger partial charge in [-0.1, -0.05) is 0 Å².